The zero-order valence-corrected chi connectivity index (χ0v) is 16.5. The van der Waals surface area contributed by atoms with Crippen molar-refractivity contribution in [3.63, 3.8) is 0 Å². The van der Waals surface area contributed by atoms with Crippen LogP contribution < -0.4 is 10.2 Å². The fraction of sp³-hybridized carbons (Fsp3) is 0.500. The minimum atomic E-state index is -0.0992. The second kappa shape index (κ2) is 8.43. The summed E-state index contributed by atoms with van der Waals surface area (Å²) in [5.41, 5.74) is 2.69. The van der Waals surface area contributed by atoms with E-state index in [-0.39, 0.29) is 17.9 Å². The third-order valence-corrected chi connectivity index (χ3v) is 4.68. The number of amides is 1. The van der Waals surface area contributed by atoms with Crippen molar-refractivity contribution >= 4 is 11.9 Å². The number of nitrogens with zero attached hydrogens (tertiary/aromatic N) is 5. The van der Waals surface area contributed by atoms with Crippen molar-refractivity contribution in [3.05, 3.63) is 47.5 Å². The van der Waals surface area contributed by atoms with Crippen LogP contribution in [0.2, 0.25) is 0 Å². The lowest BCUT2D eigenvalue weighted by atomic mass is 9.99. The summed E-state index contributed by atoms with van der Waals surface area (Å²) in [5, 5.41) is 2.97. The summed E-state index contributed by atoms with van der Waals surface area (Å²) in [6.45, 7) is 6.67. The zero-order chi connectivity index (χ0) is 19.4. The second-order valence-electron chi connectivity index (χ2n) is 7.57. The molecule has 0 radical (unpaired) electrons. The van der Waals surface area contributed by atoms with E-state index in [1.165, 1.54) is 5.56 Å². The number of nitrogens with one attached hydrogen (secondary N) is 1. The molecule has 2 aromatic heterocycles. The highest BCUT2D eigenvalue weighted by molar-refractivity contribution is 5.95. The largest absolute Gasteiger partial charge is 0.350 e. The molecule has 1 amide bonds. The van der Waals surface area contributed by atoms with E-state index < -0.39 is 0 Å². The van der Waals surface area contributed by atoms with Crippen molar-refractivity contribution in [3.8, 4) is 0 Å². The van der Waals surface area contributed by atoms with Crippen LogP contribution in [0.3, 0.4) is 0 Å². The minimum absolute atomic E-state index is 0.0747. The normalized spacial score (nSPS) is 17.3. The van der Waals surface area contributed by atoms with Crippen molar-refractivity contribution in [2.24, 2.45) is 0 Å². The van der Waals surface area contributed by atoms with E-state index >= 15 is 0 Å². The fourth-order valence-electron chi connectivity index (χ4n) is 3.37. The molecule has 2 aromatic rings. The maximum atomic E-state index is 12.7. The molecule has 1 unspecified atom stereocenters. The Labute approximate surface area is 160 Å². The molecule has 144 valence electrons. The maximum Gasteiger partial charge on any atom is 0.254 e. The predicted octanol–water partition coefficient (Wildman–Crippen LogP) is 2.07. The fourth-order valence-corrected chi connectivity index (χ4v) is 3.37. The molecule has 0 spiro atoms. The first-order valence-corrected chi connectivity index (χ1v) is 9.40. The van der Waals surface area contributed by atoms with Crippen molar-refractivity contribution in [1.82, 2.24) is 25.2 Å². The summed E-state index contributed by atoms with van der Waals surface area (Å²) >= 11 is 0. The third-order valence-electron chi connectivity index (χ3n) is 4.68. The highest BCUT2D eigenvalue weighted by atomic mass is 16.1. The van der Waals surface area contributed by atoms with Gasteiger partial charge < -0.3 is 10.2 Å². The van der Waals surface area contributed by atoms with Crippen LogP contribution in [0.4, 0.5) is 5.95 Å². The van der Waals surface area contributed by atoms with Crippen LogP contribution in [0.1, 0.15) is 47.8 Å². The Kier molecular flexibility index (Phi) is 6.01. The van der Waals surface area contributed by atoms with Gasteiger partial charge >= 0.3 is 0 Å². The molecule has 7 nitrogen and oxygen atoms in total. The first-order valence-electron chi connectivity index (χ1n) is 9.40. The topological polar surface area (TPSA) is 74.2 Å². The third kappa shape index (κ3) is 4.80. The zero-order valence-electron chi connectivity index (χ0n) is 16.5. The highest BCUT2D eigenvalue weighted by Crippen LogP contribution is 2.30. The molecular formula is C20H28N6O. The summed E-state index contributed by atoms with van der Waals surface area (Å²) < 4.78 is 0. The Morgan fingerprint density at radius 3 is 2.74 bits per heavy atom. The van der Waals surface area contributed by atoms with Crippen LogP contribution in [0, 0.1) is 0 Å². The summed E-state index contributed by atoms with van der Waals surface area (Å²) in [6.07, 6.45) is 6.30. The Hall–Kier alpha value is -2.54. The number of rotatable bonds is 6. The number of hydrogen-bond donors (Lipinski definition) is 1. The molecular weight excluding hydrogens is 340 g/mol. The van der Waals surface area contributed by atoms with Gasteiger partial charge in [0.2, 0.25) is 5.95 Å². The number of likely N-dealkylation sites (tertiary alicyclic amines) is 1. The molecule has 1 fully saturated rings. The van der Waals surface area contributed by atoms with E-state index in [0.717, 1.165) is 31.7 Å². The van der Waals surface area contributed by atoms with Gasteiger partial charge in [0, 0.05) is 57.7 Å². The van der Waals surface area contributed by atoms with Gasteiger partial charge in [-0.15, -0.1) is 0 Å². The molecule has 3 rings (SSSR count). The number of pyridine rings is 1. The van der Waals surface area contributed by atoms with Crippen LogP contribution in [-0.2, 0) is 6.54 Å². The lowest BCUT2D eigenvalue weighted by Crippen LogP contribution is -2.32. The van der Waals surface area contributed by atoms with Gasteiger partial charge in [-0.05, 0) is 44.5 Å². The summed E-state index contributed by atoms with van der Waals surface area (Å²) in [5.74, 6) is 0.762. The molecule has 0 aliphatic carbocycles. The van der Waals surface area contributed by atoms with Gasteiger partial charge in [-0.1, -0.05) is 0 Å². The van der Waals surface area contributed by atoms with Crippen molar-refractivity contribution in [2.75, 3.05) is 32.1 Å². The predicted molar refractivity (Wildman–Crippen MR) is 106 cm³/mol. The van der Waals surface area contributed by atoms with Crippen LogP contribution >= 0.6 is 0 Å². The van der Waals surface area contributed by atoms with Gasteiger partial charge in [-0.25, -0.2) is 9.97 Å². The van der Waals surface area contributed by atoms with Gasteiger partial charge in [0.15, 0.2) is 0 Å². The molecule has 1 saturated heterocycles. The molecule has 0 saturated carbocycles. The number of aromatic nitrogens is 3. The second-order valence-corrected chi connectivity index (χ2v) is 7.57. The smallest absolute Gasteiger partial charge is 0.254 e. The van der Waals surface area contributed by atoms with Crippen LogP contribution in [0.25, 0.3) is 0 Å². The lowest BCUT2D eigenvalue weighted by molar-refractivity contribution is 0.0940. The molecule has 7 heteroatoms. The molecule has 1 atom stereocenters. The van der Waals surface area contributed by atoms with E-state index in [0.29, 0.717) is 11.5 Å². The van der Waals surface area contributed by atoms with E-state index in [1.54, 1.807) is 6.20 Å². The van der Waals surface area contributed by atoms with Gasteiger partial charge in [-0.3, -0.25) is 14.7 Å². The molecule has 0 aromatic carbocycles. The molecule has 3 heterocycles. The van der Waals surface area contributed by atoms with E-state index in [2.05, 4.69) is 20.2 Å². The number of anilines is 1. The highest BCUT2D eigenvalue weighted by Gasteiger charge is 2.29. The monoisotopic (exact) mass is 368 g/mol. The van der Waals surface area contributed by atoms with E-state index in [4.69, 9.17) is 4.98 Å². The van der Waals surface area contributed by atoms with E-state index in [1.807, 2.05) is 57.4 Å². The van der Waals surface area contributed by atoms with Crippen molar-refractivity contribution in [1.29, 1.82) is 0 Å². The molecule has 27 heavy (non-hydrogen) atoms. The average molecular weight is 368 g/mol. The van der Waals surface area contributed by atoms with Crippen molar-refractivity contribution in [2.45, 2.75) is 38.8 Å². The van der Waals surface area contributed by atoms with Crippen LogP contribution in [-0.4, -0.2) is 59.0 Å². The van der Waals surface area contributed by atoms with Crippen molar-refractivity contribution < 1.29 is 4.79 Å². The Morgan fingerprint density at radius 1 is 1.33 bits per heavy atom. The Balaban J connectivity index is 1.81. The number of carbonyl (C=O) groups excluding carboxylic acids is 1. The molecule has 1 aliphatic heterocycles. The van der Waals surface area contributed by atoms with Gasteiger partial charge in [0.05, 0.1) is 11.3 Å². The summed E-state index contributed by atoms with van der Waals surface area (Å²) in [6, 6.07) is 4.17. The summed E-state index contributed by atoms with van der Waals surface area (Å²) in [4.78, 5) is 30.1. The van der Waals surface area contributed by atoms with Gasteiger partial charge in [-0.2, -0.15) is 0 Å². The van der Waals surface area contributed by atoms with Crippen LogP contribution in [0.15, 0.2) is 30.7 Å². The Bertz CT molecular complexity index is 777. The number of carbonyl (C=O) groups is 1. The Morgan fingerprint density at radius 2 is 2.07 bits per heavy atom. The van der Waals surface area contributed by atoms with Gasteiger partial charge in [0.25, 0.3) is 5.91 Å². The molecule has 1 aliphatic rings. The van der Waals surface area contributed by atoms with Gasteiger partial charge in [0.1, 0.15) is 0 Å². The summed E-state index contributed by atoms with van der Waals surface area (Å²) in [7, 11) is 3.83. The number of hydrogen-bond acceptors (Lipinski definition) is 6. The van der Waals surface area contributed by atoms with Crippen LogP contribution in [0.5, 0.6) is 0 Å². The average Bonchev–Trinajstić information content (AvgIpc) is 3.09. The maximum absolute atomic E-state index is 12.7. The molecule has 0 bridgehead atoms. The molecule has 1 N–H and O–H groups in total. The lowest BCUT2D eigenvalue weighted by Gasteiger charge is -2.19. The SMILES string of the molecule is CC(C)NC(=O)c1cnc(N(C)C)nc1C1CCN(Cc2ccncc2)C1. The minimum Gasteiger partial charge on any atom is -0.350 e. The quantitative estimate of drug-likeness (QED) is 0.841. The van der Waals surface area contributed by atoms with E-state index in [9.17, 15) is 4.79 Å². The first-order chi connectivity index (χ1) is 12.9. The standard InChI is InChI=1S/C20H28N6O/c1-14(2)23-19(27)17-11-22-20(25(3)4)24-18(17)16-7-10-26(13-16)12-15-5-8-21-9-6-15/h5-6,8-9,11,14,16H,7,10,12-13H2,1-4H3,(H,23,27). The first kappa shape index (κ1) is 19.2.